The second-order valence-corrected chi connectivity index (χ2v) is 6.08. The van der Waals surface area contributed by atoms with E-state index in [2.05, 4.69) is 35.7 Å². The molecule has 1 atom stereocenters. The maximum absolute atomic E-state index is 6.40. The number of hydrogen-bond donors (Lipinski definition) is 1. The van der Waals surface area contributed by atoms with Crippen LogP contribution in [0, 0.1) is 6.92 Å². The monoisotopic (exact) mass is 297 g/mol. The molecule has 104 valence electrons. The number of thiophene rings is 1. The standard InChI is InChI=1S/C14H20ClN3S/c1-4-6-16-12(8-11-5-7-18(3)17-11)14-13(15)10(2)9-19-14/h5,7,9,12,16H,4,6,8H2,1-3H3. The van der Waals surface area contributed by atoms with E-state index in [0.717, 1.165) is 35.7 Å². The molecular weight excluding hydrogens is 278 g/mol. The summed E-state index contributed by atoms with van der Waals surface area (Å²) in [5.74, 6) is 0. The molecular formula is C14H20ClN3S. The summed E-state index contributed by atoms with van der Waals surface area (Å²) in [5, 5.41) is 11.1. The maximum atomic E-state index is 6.40. The van der Waals surface area contributed by atoms with E-state index in [1.807, 2.05) is 17.9 Å². The minimum atomic E-state index is 0.251. The van der Waals surface area contributed by atoms with Crippen LogP contribution < -0.4 is 5.32 Å². The van der Waals surface area contributed by atoms with Crippen molar-refractivity contribution in [3.63, 3.8) is 0 Å². The first-order valence-corrected chi connectivity index (χ1v) is 7.83. The molecule has 1 unspecified atom stereocenters. The quantitative estimate of drug-likeness (QED) is 0.880. The summed E-state index contributed by atoms with van der Waals surface area (Å²) in [6.45, 7) is 5.22. The maximum Gasteiger partial charge on any atom is 0.0643 e. The number of rotatable bonds is 6. The third kappa shape index (κ3) is 3.59. The van der Waals surface area contributed by atoms with Gasteiger partial charge in [-0.1, -0.05) is 18.5 Å². The summed E-state index contributed by atoms with van der Waals surface area (Å²) in [6, 6.07) is 2.32. The Morgan fingerprint density at radius 2 is 2.32 bits per heavy atom. The highest BCUT2D eigenvalue weighted by molar-refractivity contribution is 7.10. The van der Waals surface area contributed by atoms with Gasteiger partial charge in [0.25, 0.3) is 0 Å². The van der Waals surface area contributed by atoms with Gasteiger partial charge >= 0.3 is 0 Å². The molecule has 3 nitrogen and oxygen atoms in total. The Bertz CT molecular complexity index is 533. The molecule has 2 aromatic heterocycles. The zero-order chi connectivity index (χ0) is 13.8. The van der Waals surface area contributed by atoms with Gasteiger partial charge in [-0.3, -0.25) is 4.68 Å². The number of nitrogens with zero attached hydrogens (tertiary/aromatic N) is 2. The predicted molar refractivity (Wildman–Crippen MR) is 82.0 cm³/mol. The van der Waals surface area contributed by atoms with Gasteiger partial charge in [0.15, 0.2) is 0 Å². The molecule has 0 fully saturated rings. The van der Waals surface area contributed by atoms with Crippen LogP contribution in [0.1, 0.15) is 35.5 Å². The Kier molecular flexibility index (Phi) is 5.02. The van der Waals surface area contributed by atoms with Crippen molar-refractivity contribution in [3.8, 4) is 0 Å². The van der Waals surface area contributed by atoms with E-state index in [1.165, 1.54) is 4.88 Å². The van der Waals surface area contributed by atoms with Crippen molar-refractivity contribution in [3.05, 3.63) is 38.8 Å². The summed E-state index contributed by atoms with van der Waals surface area (Å²) in [7, 11) is 1.94. The van der Waals surface area contributed by atoms with Crippen molar-refractivity contribution in [1.29, 1.82) is 0 Å². The molecule has 0 radical (unpaired) electrons. The molecule has 0 bridgehead atoms. The molecule has 0 spiro atoms. The SMILES string of the molecule is CCCNC(Cc1ccn(C)n1)c1scc(C)c1Cl. The number of hydrogen-bond acceptors (Lipinski definition) is 3. The second-order valence-electron chi connectivity index (χ2n) is 4.79. The number of aryl methyl sites for hydroxylation is 2. The third-order valence-electron chi connectivity index (χ3n) is 3.06. The fourth-order valence-electron chi connectivity index (χ4n) is 2.04. The average Bonchev–Trinajstić information content (AvgIpc) is 2.93. The van der Waals surface area contributed by atoms with E-state index in [-0.39, 0.29) is 6.04 Å². The third-order valence-corrected chi connectivity index (χ3v) is 4.89. The zero-order valence-electron chi connectivity index (χ0n) is 11.6. The molecule has 0 saturated heterocycles. The second kappa shape index (κ2) is 6.55. The lowest BCUT2D eigenvalue weighted by Crippen LogP contribution is -2.23. The lowest BCUT2D eigenvalue weighted by atomic mass is 10.1. The van der Waals surface area contributed by atoms with E-state index in [0.29, 0.717) is 0 Å². The highest BCUT2D eigenvalue weighted by Crippen LogP contribution is 2.33. The van der Waals surface area contributed by atoms with Crippen molar-refractivity contribution < 1.29 is 0 Å². The lowest BCUT2D eigenvalue weighted by Gasteiger charge is -2.17. The highest BCUT2D eigenvalue weighted by Gasteiger charge is 2.18. The normalized spacial score (nSPS) is 12.8. The van der Waals surface area contributed by atoms with Crippen LogP contribution in [0.25, 0.3) is 0 Å². The van der Waals surface area contributed by atoms with E-state index in [4.69, 9.17) is 11.6 Å². The van der Waals surface area contributed by atoms with Gasteiger partial charge in [-0.05, 0) is 36.9 Å². The van der Waals surface area contributed by atoms with Gasteiger partial charge in [-0.15, -0.1) is 11.3 Å². The van der Waals surface area contributed by atoms with Crippen molar-refractivity contribution in [2.75, 3.05) is 6.54 Å². The van der Waals surface area contributed by atoms with Gasteiger partial charge in [0.2, 0.25) is 0 Å². The van der Waals surface area contributed by atoms with Crippen LogP contribution in [0.2, 0.25) is 5.02 Å². The van der Waals surface area contributed by atoms with E-state index < -0.39 is 0 Å². The van der Waals surface area contributed by atoms with Gasteiger partial charge in [0, 0.05) is 30.6 Å². The highest BCUT2D eigenvalue weighted by atomic mass is 35.5. The van der Waals surface area contributed by atoms with Crippen LogP contribution >= 0.6 is 22.9 Å². The number of aromatic nitrogens is 2. The Labute approximate surface area is 123 Å². The summed E-state index contributed by atoms with van der Waals surface area (Å²) < 4.78 is 1.84. The van der Waals surface area contributed by atoms with Crippen LogP contribution in [0.5, 0.6) is 0 Å². The van der Waals surface area contributed by atoms with Crippen molar-refractivity contribution >= 4 is 22.9 Å². The molecule has 2 rings (SSSR count). The van der Waals surface area contributed by atoms with Crippen molar-refractivity contribution in [2.45, 2.75) is 32.7 Å². The van der Waals surface area contributed by atoms with E-state index in [9.17, 15) is 0 Å². The summed E-state index contributed by atoms with van der Waals surface area (Å²) in [5.41, 5.74) is 2.25. The molecule has 0 amide bonds. The van der Waals surface area contributed by atoms with Gasteiger partial charge in [0.1, 0.15) is 0 Å². The Morgan fingerprint density at radius 1 is 1.53 bits per heavy atom. The Hall–Kier alpha value is -0.840. The Balaban J connectivity index is 2.18. The summed E-state index contributed by atoms with van der Waals surface area (Å²) in [6.07, 6.45) is 3.97. The zero-order valence-corrected chi connectivity index (χ0v) is 13.2. The minimum absolute atomic E-state index is 0.251. The molecule has 0 saturated carbocycles. The van der Waals surface area contributed by atoms with Crippen LogP contribution in [-0.2, 0) is 13.5 Å². The van der Waals surface area contributed by atoms with Gasteiger partial charge < -0.3 is 5.32 Å². The summed E-state index contributed by atoms with van der Waals surface area (Å²) >= 11 is 8.13. The molecule has 19 heavy (non-hydrogen) atoms. The molecule has 0 aromatic carbocycles. The van der Waals surface area contributed by atoms with Crippen LogP contribution in [0.4, 0.5) is 0 Å². The molecule has 0 aliphatic rings. The van der Waals surface area contributed by atoms with E-state index >= 15 is 0 Å². The first-order valence-electron chi connectivity index (χ1n) is 6.57. The molecule has 0 aliphatic heterocycles. The molecule has 2 aromatic rings. The number of halogens is 1. The topological polar surface area (TPSA) is 29.9 Å². The number of nitrogens with one attached hydrogen (secondary N) is 1. The van der Waals surface area contributed by atoms with Gasteiger partial charge in [-0.25, -0.2) is 0 Å². The van der Waals surface area contributed by atoms with Gasteiger partial charge in [0.05, 0.1) is 10.7 Å². The molecule has 2 heterocycles. The predicted octanol–water partition coefficient (Wildman–Crippen LogP) is 3.73. The smallest absolute Gasteiger partial charge is 0.0643 e. The largest absolute Gasteiger partial charge is 0.309 e. The lowest BCUT2D eigenvalue weighted by molar-refractivity contribution is 0.528. The average molecular weight is 298 g/mol. The summed E-state index contributed by atoms with van der Waals surface area (Å²) in [4.78, 5) is 1.22. The van der Waals surface area contributed by atoms with E-state index in [1.54, 1.807) is 11.3 Å². The van der Waals surface area contributed by atoms with Crippen molar-refractivity contribution in [2.24, 2.45) is 7.05 Å². The van der Waals surface area contributed by atoms with Crippen molar-refractivity contribution in [1.82, 2.24) is 15.1 Å². The van der Waals surface area contributed by atoms with Crippen LogP contribution in [-0.4, -0.2) is 16.3 Å². The molecule has 0 aliphatic carbocycles. The molecule has 5 heteroatoms. The fraction of sp³-hybridized carbons (Fsp3) is 0.500. The van der Waals surface area contributed by atoms with Crippen LogP contribution in [0.3, 0.4) is 0 Å². The first kappa shape index (κ1) is 14.6. The van der Waals surface area contributed by atoms with Gasteiger partial charge in [-0.2, -0.15) is 5.10 Å². The minimum Gasteiger partial charge on any atom is -0.309 e. The first-order chi connectivity index (χ1) is 9.11. The molecule has 1 N–H and O–H groups in total. The Morgan fingerprint density at radius 3 is 2.84 bits per heavy atom. The fourth-order valence-corrected chi connectivity index (χ4v) is 3.44. The van der Waals surface area contributed by atoms with Crippen LogP contribution in [0.15, 0.2) is 17.6 Å².